The van der Waals surface area contributed by atoms with Crippen LogP contribution in [0.25, 0.3) is 0 Å². The van der Waals surface area contributed by atoms with E-state index in [1.54, 1.807) is 25.2 Å². The number of pyridine rings is 1. The highest BCUT2D eigenvalue weighted by molar-refractivity contribution is 5.92. The number of carbonyl (C=O) groups excluding carboxylic acids is 1. The van der Waals surface area contributed by atoms with E-state index in [4.69, 9.17) is 5.73 Å². The van der Waals surface area contributed by atoms with Crippen molar-refractivity contribution < 1.29 is 4.79 Å². The van der Waals surface area contributed by atoms with Crippen LogP contribution in [0.2, 0.25) is 0 Å². The second-order valence-electron chi connectivity index (χ2n) is 5.81. The van der Waals surface area contributed by atoms with Gasteiger partial charge in [-0.05, 0) is 30.9 Å². The van der Waals surface area contributed by atoms with E-state index in [-0.39, 0.29) is 5.91 Å². The van der Waals surface area contributed by atoms with Crippen molar-refractivity contribution in [1.82, 2.24) is 9.88 Å². The first-order valence-corrected chi connectivity index (χ1v) is 7.17. The Labute approximate surface area is 120 Å². The van der Waals surface area contributed by atoms with Crippen LogP contribution in [-0.2, 0) is 0 Å². The molecule has 0 saturated carbocycles. The summed E-state index contributed by atoms with van der Waals surface area (Å²) < 4.78 is 0. The van der Waals surface area contributed by atoms with Crippen LogP contribution >= 0.6 is 0 Å². The smallest absolute Gasteiger partial charge is 0.272 e. The SMILES string of the molecule is CC1CCN(c2ccnc(C(=O)N(C)C)c2)C(CN)C1. The van der Waals surface area contributed by atoms with E-state index < -0.39 is 0 Å². The molecule has 0 radical (unpaired) electrons. The Bertz CT molecular complexity index is 475. The molecule has 2 unspecified atom stereocenters. The van der Waals surface area contributed by atoms with Gasteiger partial charge in [-0.15, -0.1) is 0 Å². The third kappa shape index (κ3) is 3.10. The zero-order valence-electron chi connectivity index (χ0n) is 12.5. The zero-order valence-corrected chi connectivity index (χ0v) is 12.5. The Kier molecular flexibility index (Phi) is 4.60. The van der Waals surface area contributed by atoms with Crippen LogP contribution in [0.15, 0.2) is 18.3 Å². The molecule has 0 bridgehead atoms. The molecule has 2 heterocycles. The Balaban J connectivity index is 2.24. The molecule has 110 valence electrons. The summed E-state index contributed by atoms with van der Waals surface area (Å²) in [6.45, 7) is 3.90. The minimum Gasteiger partial charge on any atom is -0.367 e. The normalized spacial score (nSPS) is 22.7. The minimum absolute atomic E-state index is 0.0680. The molecule has 0 aliphatic carbocycles. The first-order chi connectivity index (χ1) is 9.52. The lowest BCUT2D eigenvalue weighted by molar-refractivity contribution is 0.0822. The fourth-order valence-electron chi connectivity index (χ4n) is 2.76. The molecule has 0 aromatic carbocycles. The van der Waals surface area contributed by atoms with Crippen molar-refractivity contribution in [2.24, 2.45) is 11.7 Å². The number of rotatable bonds is 3. The molecule has 5 heteroatoms. The summed E-state index contributed by atoms with van der Waals surface area (Å²) >= 11 is 0. The summed E-state index contributed by atoms with van der Waals surface area (Å²) in [5.74, 6) is 0.644. The van der Waals surface area contributed by atoms with Gasteiger partial charge in [0.2, 0.25) is 0 Å². The lowest BCUT2D eigenvalue weighted by Gasteiger charge is -2.39. The Morgan fingerprint density at radius 2 is 2.30 bits per heavy atom. The monoisotopic (exact) mass is 276 g/mol. The molecule has 5 nitrogen and oxygen atoms in total. The molecular weight excluding hydrogens is 252 g/mol. The van der Waals surface area contributed by atoms with Gasteiger partial charge in [0.1, 0.15) is 5.69 Å². The van der Waals surface area contributed by atoms with E-state index in [0.29, 0.717) is 24.2 Å². The van der Waals surface area contributed by atoms with Gasteiger partial charge < -0.3 is 15.5 Å². The second-order valence-corrected chi connectivity index (χ2v) is 5.81. The number of nitrogens with two attached hydrogens (primary N) is 1. The molecule has 1 aromatic rings. The summed E-state index contributed by atoms with van der Waals surface area (Å²) in [5.41, 5.74) is 7.44. The molecule has 1 aliphatic rings. The highest BCUT2D eigenvalue weighted by Crippen LogP contribution is 2.27. The van der Waals surface area contributed by atoms with Gasteiger partial charge >= 0.3 is 0 Å². The molecule has 2 rings (SSSR count). The van der Waals surface area contributed by atoms with Crippen molar-refractivity contribution in [2.45, 2.75) is 25.8 Å². The first kappa shape index (κ1) is 14.8. The first-order valence-electron chi connectivity index (χ1n) is 7.17. The topological polar surface area (TPSA) is 62.5 Å². The van der Waals surface area contributed by atoms with E-state index in [1.165, 1.54) is 0 Å². The third-order valence-electron chi connectivity index (χ3n) is 3.95. The maximum absolute atomic E-state index is 12.0. The fraction of sp³-hybridized carbons (Fsp3) is 0.600. The number of nitrogens with zero attached hydrogens (tertiary/aromatic N) is 3. The van der Waals surface area contributed by atoms with E-state index in [9.17, 15) is 4.79 Å². The van der Waals surface area contributed by atoms with Gasteiger partial charge in [0.15, 0.2) is 0 Å². The average molecular weight is 276 g/mol. The van der Waals surface area contributed by atoms with Crippen LogP contribution in [0.4, 0.5) is 5.69 Å². The number of carbonyl (C=O) groups is 1. The molecule has 2 atom stereocenters. The zero-order chi connectivity index (χ0) is 14.7. The summed E-state index contributed by atoms with van der Waals surface area (Å²) in [4.78, 5) is 20.0. The highest BCUT2D eigenvalue weighted by atomic mass is 16.2. The molecule has 0 spiro atoms. The number of anilines is 1. The summed E-state index contributed by atoms with van der Waals surface area (Å²) in [6.07, 6.45) is 3.98. The van der Waals surface area contributed by atoms with Crippen LogP contribution < -0.4 is 10.6 Å². The number of piperidine rings is 1. The second kappa shape index (κ2) is 6.22. The Hall–Kier alpha value is -1.62. The molecule has 1 aromatic heterocycles. The van der Waals surface area contributed by atoms with Crippen LogP contribution in [0.3, 0.4) is 0 Å². The minimum atomic E-state index is -0.0680. The van der Waals surface area contributed by atoms with E-state index in [2.05, 4.69) is 16.8 Å². The molecular formula is C15H24N4O. The van der Waals surface area contributed by atoms with Crippen LogP contribution in [0.1, 0.15) is 30.3 Å². The fourth-order valence-corrected chi connectivity index (χ4v) is 2.76. The van der Waals surface area contributed by atoms with E-state index >= 15 is 0 Å². The molecule has 1 fully saturated rings. The Morgan fingerprint density at radius 3 is 2.95 bits per heavy atom. The molecule has 1 aliphatic heterocycles. The van der Waals surface area contributed by atoms with Crippen molar-refractivity contribution in [3.63, 3.8) is 0 Å². The standard InChI is InChI=1S/C15H24N4O/c1-11-5-7-19(13(8-11)10-16)12-4-6-17-14(9-12)15(20)18(2)3/h4,6,9,11,13H,5,7-8,10,16H2,1-3H3. The van der Waals surface area contributed by atoms with Crippen molar-refractivity contribution >= 4 is 11.6 Å². The molecule has 1 saturated heterocycles. The summed E-state index contributed by atoms with van der Waals surface area (Å²) in [6, 6.07) is 4.19. The summed E-state index contributed by atoms with van der Waals surface area (Å²) in [5, 5.41) is 0. The Morgan fingerprint density at radius 1 is 1.55 bits per heavy atom. The number of amides is 1. The number of aromatic nitrogens is 1. The maximum Gasteiger partial charge on any atom is 0.272 e. The van der Waals surface area contributed by atoms with E-state index in [0.717, 1.165) is 25.1 Å². The molecule has 20 heavy (non-hydrogen) atoms. The van der Waals surface area contributed by atoms with Gasteiger partial charge in [-0.3, -0.25) is 9.78 Å². The van der Waals surface area contributed by atoms with Crippen molar-refractivity contribution in [2.75, 3.05) is 32.1 Å². The number of hydrogen-bond donors (Lipinski definition) is 1. The van der Waals surface area contributed by atoms with Gasteiger partial charge in [-0.2, -0.15) is 0 Å². The maximum atomic E-state index is 12.0. The third-order valence-corrected chi connectivity index (χ3v) is 3.95. The van der Waals surface area contributed by atoms with Crippen molar-refractivity contribution in [3.8, 4) is 0 Å². The van der Waals surface area contributed by atoms with Crippen LogP contribution in [0, 0.1) is 5.92 Å². The van der Waals surface area contributed by atoms with Crippen molar-refractivity contribution in [1.29, 1.82) is 0 Å². The van der Waals surface area contributed by atoms with Crippen LogP contribution in [-0.4, -0.2) is 49.0 Å². The van der Waals surface area contributed by atoms with Gasteiger partial charge in [0, 0.05) is 45.1 Å². The summed E-state index contributed by atoms with van der Waals surface area (Å²) in [7, 11) is 3.48. The molecule has 2 N–H and O–H groups in total. The lowest BCUT2D eigenvalue weighted by Crippen LogP contribution is -2.46. The lowest BCUT2D eigenvalue weighted by atomic mass is 9.92. The van der Waals surface area contributed by atoms with Gasteiger partial charge in [0.25, 0.3) is 5.91 Å². The quantitative estimate of drug-likeness (QED) is 0.905. The highest BCUT2D eigenvalue weighted by Gasteiger charge is 2.26. The number of hydrogen-bond acceptors (Lipinski definition) is 4. The average Bonchev–Trinajstić information content (AvgIpc) is 2.46. The molecule has 1 amide bonds. The van der Waals surface area contributed by atoms with Gasteiger partial charge in [-0.25, -0.2) is 0 Å². The van der Waals surface area contributed by atoms with Crippen LogP contribution in [0.5, 0.6) is 0 Å². The van der Waals surface area contributed by atoms with E-state index in [1.807, 2.05) is 12.1 Å². The predicted molar refractivity (Wildman–Crippen MR) is 80.8 cm³/mol. The van der Waals surface area contributed by atoms with Crippen molar-refractivity contribution in [3.05, 3.63) is 24.0 Å². The largest absolute Gasteiger partial charge is 0.367 e. The van der Waals surface area contributed by atoms with Gasteiger partial charge in [-0.1, -0.05) is 6.92 Å². The predicted octanol–water partition coefficient (Wildman–Crippen LogP) is 1.35. The van der Waals surface area contributed by atoms with Gasteiger partial charge in [0.05, 0.1) is 0 Å².